The van der Waals surface area contributed by atoms with Gasteiger partial charge < -0.3 is 9.80 Å². The van der Waals surface area contributed by atoms with Gasteiger partial charge >= 0.3 is 0 Å². The first-order chi connectivity index (χ1) is 8.20. The van der Waals surface area contributed by atoms with Gasteiger partial charge in [-0.05, 0) is 33.1 Å². The topological polar surface area (TPSA) is 6.48 Å². The van der Waals surface area contributed by atoms with Gasteiger partial charge in [0.2, 0.25) is 0 Å². The highest BCUT2D eigenvalue weighted by atomic mass is 15.4. The standard InChI is InChI=1S/C15H30N2/c1-5-7-9-10-15-16(11-8-6-2)12-13-17(15)14(3)4/h12-15H,5-11H2,1-4H3. The molecule has 1 aliphatic heterocycles. The lowest BCUT2D eigenvalue weighted by molar-refractivity contribution is 0.114. The molecule has 1 rings (SSSR count). The average Bonchev–Trinajstić information content (AvgIpc) is 2.70. The van der Waals surface area contributed by atoms with Gasteiger partial charge in [-0.2, -0.15) is 0 Å². The molecular formula is C15H30N2. The summed E-state index contributed by atoms with van der Waals surface area (Å²) < 4.78 is 0. The highest BCUT2D eigenvalue weighted by Crippen LogP contribution is 2.23. The lowest BCUT2D eigenvalue weighted by atomic mass is 10.1. The number of hydrogen-bond donors (Lipinski definition) is 0. The van der Waals surface area contributed by atoms with E-state index in [1.165, 1.54) is 45.1 Å². The van der Waals surface area contributed by atoms with Crippen LogP contribution in [0.15, 0.2) is 12.4 Å². The van der Waals surface area contributed by atoms with Gasteiger partial charge in [0.15, 0.2) is 0 Å². The Morgan fingerprint density at radius 1 is 1.00 bits per heavy atom. The van der Waals surface area contributed by atoms with E-state index in [9.17, 15) is 0 Å². The van der Waals surface area contributed by atoms with E-state index < -0.39 is 0 Å². The largest absolute Gasteiger partial charge is 0.356 e. The maximum Gasteiger partial charge on any atom is 0.101 e. The number of hydrogen-bond acceptors (Lipinski definition) is 2. The first kappa shape index (κ1) is 14.4. The van der Waals surface area contributed by atoms with Gasteiger partial charge in [-0.3, -0.25) is 0 Å². The summed E-state index contributed by atoms with van der Waals surface area (Å²) in [5.41, 5.74) is 0. The monoisotopic (exact) mass is 238 g/mol. The van der Waals surface area contributed by atoms with Crippen LogP contribution in [0, 0.1) is 0 Å². The third-order valence-electron chi connectivity index (χ3n) is 3.59. The van der Waals surface area contributed by atoms with Gasteiger partial charge in [-0.15, -0.1) is 0 Å². The number of nitrogens with zero attached hydrogens (tertiary/aromatic N) is 2. The fraction of sp³-hybridized carbons (Fsp3) is 0.867. The van der Waals surface area contributed by atoms with E-state index in [1.807, 2.05) is 0 Å². The third kappa shape index (κ3) is 4.25. The molecule has 0 radical (unpaired) electrons. The predicted molar refractivity (Wildman–Crippen MR) is 75.7 cm³/mol. The minimum Gasteiger partial charge on any atom is -0.356 e. The fourth-order valence-corrected chi connectivity index (χ4v) is 2.50. The Hall–Kier alpha value is -0.660. The lowest BCUT2D eigenvalue weighted by Gasteiger charge is -2.35. The third-order valence-corrected chi connectivity index (χ3v) is 3.59. The second-order valence-corrected chi connectivity index (χ2v) is 5.41. The van der Waals surface area contributed by atoms with Crippen molar-refractivity contribution in [2.75, 3.05) is 6.54 Å². The van der Waals surface area contributed by atoms with Crippen LogP contribution in [-0.2, 0) is 0 Å². The molecule has 0 aromatic carbocycles. The van der Waals surface area contributed by atoms with Crippen molar-refractivity contribution in [2.45, 2.75) is 78.4 Å². The summed E-state index contributed by atoms with van der Waals surface area (Å²) in [5.74, 6) is 0. The Bertz CT molecular complexity index is 223. The van der Waals surface area contributed by atoms with Crippen molar-refractivity contribution in [1.29, 1.82) is 0 Å². The van der Waals surface area contributed by atoms with Gasteiger partial charge in [0.25, 0.3) is 0 Å². The molecule has 0 amide bonds. The first-order valence-corrected chi connectivity index (χ1v) is 7.42. The summed E-state index contributed by atoms with van der Waals surface area (Å²) in [6, 6.07) is 0.615. The van der Waals surface area contributed by atoms with Crippen molar-refractivity contribution < 1.29 is 0 Å². The Morgan fingerprint density at radius 2 is 1.71 bits per heavy atom. The average molecular weight is 238 g/mol. The van der Waals surface area contributed by atoms with E-state index >= 15 is 0 Å². The summed E-state index contributed by atoms with van der Waals surface area (Å²) in [7, 11) is 0. The molecule has 0 aromatic rings. The van der Waals surface area contributed by atoms with Crippen LogP contribution >= 0.6 is 0 Å². The smallest absolute Gasteiger partial charge is 0.101 e. The minimum absolute atomic E-state index is 0.615. The first-order valence-electron chi connectivity index (χ1n) is 7.42. The van der Waals surface area contributed by atoms with Gasteiger partial charge in [0, 0.05) is 25.0 Å². The molecule has 0 aliphatic carbocycles. The lowest BCUT2D eigenvalue weighted by Crippen LogP contribution is -2.42. The van der Waals surface area contributed by atoms with Crippen LogP contribution in [0.5, 0.6) is 0 Å². The molecule has 1 aliphatic rings. The molecule has 0 bridgehead atoms. The fourth-order valence-electron chi connectivity index (χ4n) is 2.50. The molecule has 0 spiro atoms. The highest BCUT2D eigenvalue weighted by molar-refractivity contribution is 4.98. The molecule has 17 heavy (non-hydrogen) atoms. The van der Waals surface area contributed by atoms with Crippen LogP contribution in [0.25, 0.3) is 0 Å². The molecule has 2 nitrogen and oxygen atoms in total. The van der Waals surface area contributed by atoms with Gasteiger partial charge in [-0.1, -0.05) is 33.1 Å². The summed E-state index contributed by atoms with van der Waals surface area (Å²) in [4.78, 5) is 5.06. The normalized spacial score (nSPS) is 19.7. The van der Waals surface area contributed by atoms with E-state index in [-0.39, 0.29) is 0 Å². The van der Waals surface area contributed by atoms with Crippen LogP contribution in [-0.4, -0.2) is 28.6 Å². The Labute approximate surface area is 108 Å². The van der Waals surface area contributed by atoms with Gasteiger partial charge in [0.05, 0.1) is 0 Å². The van der Waals surface area contributed by atoms with Crippen molar-refractivity contribution in [2.24, 2.45) is 0 Å². The minimum atomic E-state index is 0.615. The quantitative estimate of drug-likeness (QED) is 0.585. The Kier molecular flexibility index (Phi) is 6.46. The highest BCUT2D eigenvalue weighted by Gasteiger charge is 2.26. The van der Waals surface area contributed by atoms with E-state index in [2.05, 4.69) is 49.9 Å². The van der Waals surface area contributed by atoms with Crippen LogP contribution in [0.1, 0.15) is 66.2 Å². The second kappa shape index (κ2) is 7.62. The molecule has 100 valence electrons. The molecule has 0 aromatic heterocycles. The maximum atomic E-state index is 2.54. The van der Waals surface area contributed by atoms with Gasteiger partial charge in [0.1, 0.15) is 6.17 Å². The zero-order valence-electron chi connectivity index (χ0n) is 12.2. The molecule has 1 unspecified atom stereocenters. The number of rotatable bonds is 8. The molecule has 1 heterocycles. The molecular weight excluding hydrogens is 208 g/mol. The molecule has 0 saturated heterocycles. The maximum absolute atomic E-state index is 2.54. The van der Waals surface area contributed by atoms with E-state index in [1.54, 1.807) is 0 Å². The zero-order valence-corrected chi connectivity index (χ0v) is 12.2. The molecule has 2 heteroatoms. The summed E-state index contributed by atoms with van der Waals surface area (Å²) in [5, 5.41) is 0. The Balaban J connectivity index is 2.48. The molecule has 0 fully saturated rings. The van der Waals surface area contributed by atoms with Crippen molar-refractivity contribution in [1.82, 2.24) is 9.80 Å². The summed E-state index contributed by atoms with van der Waals surface area (Å²) in [6.45, 7) is 10.3. The van der Waals surface area contributed by atoms with E-state index in [0.29, 0.717) is 12.2 Å². The summed E-state index contributed by atoms with van der Waals surface area (Å²) in [6.07, 6.45) is 13.1. The predicted octanol–water partition coefficient (Wildman–Crippen LogP) is 4.19. The molecule has 0 saturated carbocycles. The van der Waals surface area contributed by atoms with E-state index in [4.69, 9.17) is 0 Å². The van der Waals surface area contributed by atoms with Crippen LogP contribution < -0.4 is 0 Å². The van der Waals surface area contributed by atoms with Crippen molar-refractivity contribution >= 4 is 0 Å². The van der Waals surface area contributed by atoms with Crippen LogP contribution in [0.4, 0.5) is 0 Å². The van der Waals surface area contributed by atoms with Crippen molar-refractivity contribution in [3.05, 3.63) is 12.4 Å². The van der Waals surface area contributed by atoms with Crippen molar-refractivity contribution in [3.63, 3.8) is 0 Å². The zero-order chi connectivity index (χ0) is 12.7. The SMILES string of the molecule is CCCCCC1N(CCCC)C=CN1C(C)C. The number of unbranched alkanes of at least 4 members (excludes halogenated alkanes) is 3. The van der Waals surface area contributed by atoms with Gasteiger partial charge in [-0.25, -0.2) is 0 Å². The van der Waals surface area contributed by atoms with Crippen LogP contribution in [0.3, 0.4) is 0 Å². The second-order valence-electron chi connectivity index (χ2n) is 5.41. The van der Waals surface area contributed by atoms with Crippen LogP contribution in [0.2, 0.25) is 0 Å². The molecule has 1 atom stereocenters. The summed E-state index contributed by atoms with van der Waals surface area (Å²) >= 11 is 0. The Morgan fingerprint density at radius 3 is 2.29 bits per heavy atom. The van der Waals surface area contributed by atoms with Crippen molar-refractivity contribution in [3.8, 4) is 0 Å². The molecule has 0 N–H and O–H groups in total. The van der Waals surface area contributed by atoms with E-state index in [0.717, 1.165) is 0 Å².